The van der Waals surface area contributed by atoms with Crippen LogP contribution in [-0.4, -0.2) is 23.9 Å². The first kappa shape index (κ1) is 9.46. The van der Waals surface area contributed by atoms with Crippen LogP contribution < -0.4 is 4.90 Å². The molecule has 3 nitrogen and oxygen atoms in total. The average molecular weight is 211 g/mol. The van der Waals surface area contributed by atoms with Crippen molar-refractivity contribution in [2.45, 2.75) is 12.8 Å². The fourth-order valence-electron chi connectivity index (χ4n) is 1.63. The van der Waals surface area contributed by atoms with E-state index in [1.807, 2.05) is 11.0 Å². The first-order valence-electron chi connectivity index (χ1n) is 4.63. The molecule has 0 amide bonds. The summed E-state index contributed by atoms with van der Waals surface area (Å²) in [6, 6.07) is 1.84. The third-order valence-corrected chi connectivity index (χ3v) is 2.51. The molecule has 0 unspecified atom stereocenters. The van der Waals surface area contributed by atoms with Gasteiger partial charge in [0.15, 0.2) is 5.78 Å². The molecule has 1 aliphatic rings. The topological polar surface area (TPSA) is 33.2 Å². The molecule has 1 aliphatic heterocycles. The maximum atomic E-state index is 11.2. The van der Waals surface area contributed by atoms with Gasteiger partial charge in [-0.2, -0.15) is 0 Å². The van der Waals surface area contributed by atoms with Gasteiger partial charge in [-0.3, -0.25) is 9.78 Å². The van der Waals surface area contributed by atoms with Crippen molar-refractivity contribution >= 4 is 23.1 Å². The lowest BCUT2D eigenvalue weighted by Crippen LogP contribution is -2.35. The van der Waals surface area contributed by atoms with E-state index in [9.17, 15) is 4.79 Å². The number of Topliss-reactive ketones (excluding diaryl/α,β-unsaturated/α-hetero) is 1. The molecule has 1 saturated heterocycles. The van der Waals surface area contributed by atoms with Crippen LogP contribution in [0.2, 0.25) is 5.02 Å². The Bertz CT molecular complexity index is 354. The van der Waals surface area contributed by atoms with Gasteiger partial charge in [0.25, 0.3) is 0 Å². The van der Waals surface area contributed by atoms with E-state index in [0.29, 0.717) is 18.0 Å². The number of carbonyl (C=O) groups is 1. The zero-order valence-corrected chi connectivity index (χ0v) is 8.50. The molecule has 0 atom stereocenters. The molecular weight excluding hydrogens is 200 g/mol. The van der Waals surface area contributed by atoms with Crippen LogP contribution in [0.15, 0.2) is 18.5 Å². The van der Waals surface area contributed by atoms with E-state index >= 15 is 0 Å². The Hall–Kier alpha value is -1.09. The van der Waals surface area contributed by atoms with E-state index in [0.717, 1.165) is 18.7 Å². The number of piperidine rings is 1. The van der Waals surface area contributed by atoms with Gasteiger partial charge in [-0.05, 0) is 12.5 Å². The quantitative estimate of drug-likeness (QED) is 0.710. The molecule has 0 radical (unpaired) electrons. The first-order chi connectivity index (χ1) is 6.75. The van der Waals surface area contributed by atoms with Crippen LogP contribution in [0.5, 0.6) is 0 Å². The minimum absolute atomic E-state index is 0.288. The minimum atomic E-state index is 0.288. The van der Waals surface area contributed by atoms with E-state index in [1.165, 1.54) is 0 Å². The number of nitrogens with zero attached hydrogens (tertiary/aromatic N) is 2. The summed E-state index contributed by atoms with van der Waals surface area (Å²) >= 11 is 5.83. The van der Waals surface area contributed by atoms with E-state index < -0.39 is 0 Å². The second kappa shape index (κ2) is 3.96. The Morgan fingerprint density at radius 3 is 3.00 bits per heavy atom. The molecule has 4 heteroatoms. The average Bonchev–Trinajstić information content (AvgIpc) is 2.18. The maximum Gasteiger partial charge on any atom is 0.152 e. The Labute approximate surface area is 87.7 Å². The van der Waals surface area contributed by atoms with Crippen LogP contribution in [0.3, 0.4) is 0 Å². The van der Waals surface area contributed by atoms with Crippen LogP contribution >= 0.6 is 11.6 Å². The summed E-state index contributed by atoms with van der Waals surface area (Å²) in [5, 5.41) is 0.612. The monoisotopic (exact) mass is 210 g/mol. The molecule has 0 N–H and O–H groups in total. The number of hydrogen-bond acceptors (Lipinski definition) is 3. The van der Waals surface area contributed by atoms with Gasteiger partial charge >= 0.3 is 0 Å². The van der Waals surface area contributed by atoms with Gasteiger partial charge in [-0.15, -0.1) is 0 Å². The van der Waals surface area contributed by atoms with Crippen molar-refractivity contribution in [3.05, 3.63) is 23.5 Å². The van der Waals surface area contributed by atoms with Crippen LogP contribution in [0, 0.1) is 0 Å². The highest BCUT2D eigenvalue weighted by atomic mass is 35.5. The van der Waals surface area contributed by atoms with Crippen molar-refractivity contribution in [1.29, 1.82) is 0 Å². The number of halogens is 1. The number of pyridine rings is 1. The zero-order chi connectivity index (χ0) is 9.97. The summed E-state index contributed by atoms with van der Waals surface area (Å²) in [5.74, 6) is 0.288. The minimum Gasteiger partial charge on any atom is -0.363 e. The van der Waals surface area contributed by atoms with E-state index in [4.69, 9.17) is 11.6 Å². The molecule has 0 spiro atoms. The molecule has 1 aromatic rings. The number of rotatable bonds is 1. The summed E-state index contributed by atoms with van der Waals surface area (Å²) in [7, 11) is 0. The molecule has 1 fully saturated rings. The first-order valence-corrected chi connectivity index (χ1v) is 5.01. The van der Waals surface area contributed by atoms with E-state index in [2.05, 4.69) is 4.98 Å². The summed E-state index contributed by atoms with van der Waals surface area (Å²) in [4.78, 5) is 17.3. The Morgan fingerprint density at radius 2 is 2.29 bits per heavy atom. The number of anilines is 1. The largest absolute Gasteiger partial charge is 0.363 e. The van der Waals surface area contributed by atoms with Crippen molar-refractivity contribution in [1.82, 2.24) is 4.98 Å². The van der Waals surface area contributed by atoms with E-state index in [-0.39, 0.29) is 5.78 Å². The van der Waals surface area contributed by atoms with Crippen LogP contribution in [0.25, 0.3) is 0 Å². The molecule has 2 rings (SSSR count). The van der Waals surface area contributed by atoms with Crippen molar-refractivity contribution in [2.24, 2.45) is 0 Å². The molecule has 0 bridgehead atoms. The zero-order valence-electron chi connectivity index (χ0n) is 7.74. The van der Waals surface area contributed by atoms with Gasteiger partial charge < -0.3 is 4.90 Å². The smallest absolute Gasteiger partial charge is 0.152 e. The molecule has 0 aliphatic carbocycles. The second-order valence-electron chi connectivity index (χ2n) is 3.43. The lowest BCUT2D eigenvalue weighted by molar-refractivity contribution is -0.118. The standard InChI is InChI=1S/C10H11ClN2O/c11-8-4-9(6-12-5-8)13-3-1-2-10(14)7-13/h4-6H,1-3,7H2. The van der Waals surface area contributed by atoms with Crippen LogP contribution in [0.1, 0.15) is 12.8 Å². The number of ketones is 1. The normalized spacial score (nSPS) is 17.2. The predicted octanol–water partition coefficient (Wildman–Crippen LogP) is 1.90. The maximum absolute atomic E-state index is 11.2. The van der Waals surface area contributed by atoms with Gasteiger partial charge in [0.1, 0.15) is 0 Å². The van der Waals surface area contributed by atoms with Gasteiger partial charge in [0.2, 0.25) is 0 Å². The summed E-state index contributed by atoms with van der Waals surface area (Å²) in [5.41, 5.74) is 0.936. The molecule has 2 heterocycles. The molecule has 14 heavy (non-hydrogen) atoms. The van der Waals surface area contributed by atoms with Crippen molar-refractivity contribution < 1.29 is 4.79 Å². The van der Waals surface area contributed by atoms with Crippen LogP contribution in [0.4, 0.5) is 5.69 Å². The van der Waals surface area contributed by atoms with Gasteiger partial charge in [-0.25, -0.2) is 0 Å². The second-order valence-corrected chi connectivity index (χ2v) is 3.86. The highest BCUT2D eigenvalue weighted by molar-refractivity contribution is 6.30. The van der Waals surface area contributed by atoms with Gasteiger partial charge in [0, 0.05) is 19.2 Å². The van der Waals surface area contributed by atoms with Crippen molar-refractivity contribution in [2.75, 3.05) is 18.0 Å². The highest BCUT2D eigenvalue weighted by Gasteiger charge is 2.17. The summed E-state index contributed by atoms with van der Waals surface area (Å²) in [6.45, 7) is 1.40. The lowest BCUT2D eigenvalue weighted by Gasteiger charge is -2.27. The Balaban J connectivity index is 2.17. The summed E-state index contributed by atoms with van der Waals surface area (Å²) < 4.78 is 0. The molecule has 1 aromatic heterocycles. The highest BCUT2D eigenvalue weighted by Crippen LogP contribution is 2.20. The summed E-state index contributed by atoms with van der Waals surface area (Å²) in [6.07, 6.45) is 4.96. The SMILES string of the molecule is O=C1CCCN(c2cncc(Cl)c2)C1. The Kier molecular flexibility index (Phi) is 2.68. The predicted molar refractivity (Wildman–Crippen MR) is 55.7 cm³/mol. The Morgan fingerprint density at radius 1 is 1.43 bits per heavy atom. The van der Waals surface area contributed by atoms with Crippen molar-refractivity contribution in [3.8, 4) is 0 Å². The van der Waals surface area contributed by atoms with Crippen molar-refractivity contribution in [3.63, 3.8) is 0 Å². The number of aromatic nitrogens is 1. The van der Waals surface area contributed by atoms with E-state index in [1.54, 1.807) is 12.4 Å². The fraction of sp³-hybridized carbons (Fsp3) is 0.400. The third-order valence-electron chi connectivity index (χ3n) is 2.31. The van der Waals surface area contributed by atoms with Gasteiger partial charge in [0.05, 0.1) is 23.5 Å². The number of carbonyl (C=O) groups excluding carboxylic acids is 1. The molecule has 0 saturated carbocycles. The molecule has 0 aromatic carbocycles. The number of hydrogen-bond donors (Lipinski definition) is 0. The van der Waals surface area contributed by atoms with Crippen LogP contribution in [-0.2, 0) is 4.79 Å². The third kappa shape index (κ3) is 2.04. The lowest BCUT2D eigenvalue weighted by atomic mass is 10.1. The van der Waals surface area contributed by atoms with Gasteiger partial charge in [-0.1, -0.05) is 11.6 Å². The molecule has 74 valence electrons. The fourth-order valence-corrected chi connectivity index (χ4v) is 1.80. The molecular formula is C10H11ClN2O.